The van der Waals surface area contributed by atoms with Crippen LogP contribution < -0.4 is 0 Å². The Morgan fingerprint density at radius 2 is 2.06 bits per heavy atom. The number of rotatable bonds is 4. The summed E-state index contributed by atoms with van der Waals surface area (Å²) >= 11 is 1.26. The third kappa shape index (κ3) is 2.68. The molecule has 0 saturated heterocycles. The van der Waals surface area contributed by atoms with Gasteiger partial charge in [0.1, 0.15) is 9.75 Å². The molecular weight excluding hydrogens is 256 g/mol. The minimum atomic E-state index is -3.57. The standard InChI is InChI=1S/C11H16N2O2S2/c1-5-9-6-7-10(16-9)17(14,15)13(4)11(2,3)8-12/h6-7H,5H2,1-4H3. The van der Waals surface area contributed by atoms with E-state index in [0.29, 0.717) is 4.21 Å². The Kier molecular flexibility index (Phi) is 3.97. The fourth-order valence-electron chi connectivity index (χ4n) is 1.19. The fraction of sp³-hybridized carbons (Fsp3) is 0.545. The van der Waals surface area contributed by atoms with Crippen LogP contribution in [-0.2, 0) is 16.4 Å². The Balaban J connectivity index is 3.17. The lowest BCUT2D eigenvalue weighted by atomic mass is 10.1. The van der Waals surface area contributed by atoms with Crippen LogP contribution in [0.1, 0.15) is 25.6 Å². The molecule has 0 bridgehead atoms. The van der Waals surface area contributed by atoms with Gasteiger partial charge in [-0.05, 0) is 32.4 Å². The third-order valence-electron chi connectivity index (χ3n) is 2.66. The van der Waals surface area contributed by atoms with Crippen LogP contribution in [0.25, 0.3) is 0 Å². The minimum absolute atomic E-state index is 0.292. The third-order valence-corrected chi connectivity index (χ3v) is 6.39. The van der Waals surface area contributed by atoms with Crippen molar-refractivity contribution in [1.29, 1.82) is 5.26 Å². The SMILES string of the molecule is CCc1ccc(S(=O)(=O)N(C)C(C)(C)C#N)s1. The number of sulfonamides is 1. The van der Waals surface area contributed by atoms with Crippen molar-refractivity contribution in [1.82, 2.24) is 4.31 Å². The molecule has 0 spiro atoms. The van der Waals surface area contributed by atoms with Crippen molar-refractivity contribution in [3.05, 3.63) is 17.0 Å². The molecule has 0 N–H and O–H groups in total. The first-order chi connectivity index (χ1) is 7.75. The minimum Gasteiger partial charge on any atom is -0.206 e. The van der Waals surface area contributed by atoms with Crippen LogP contribution in [0.2, 0.25) is 0 Å². The zero-order valence-electron chi connectivity index (χ0n) is 10.4. The number of aryl methyl sites for hydroxylation is 1. The molecule has 0 amide bonds. The van der Waals surface area contributed by atoms with Crippen LogP contribution in [0.5, 0.6) is 0 Å². The lowest BCUT2D eigenvalue weighted by molar-refractivity contribution is 0.338. The van der Waals surface area contributed by atoms with E-state index >= 15 is 0 Å². The van der Waals surface area contributed by atoms with Crippen LogP contribution >= 0.6 is 11.3 Å². The van der Waals surface area contributed by atoms with Gasteiger partial charge in [-0.2, -0.15) is 9.57 Å². The van der Waals surface area contributed by atoms with Gasteiger partial charge < -0.3 is 0 Å². The summed E-state index contributed by atoms with van der Waals surface area (Å²) in [7, 11) is -2.13. The molecule has 1 aromatic heterocycles. The maximum atomic E-state index is 12.3. The van der Waals surface area contributed by atoms with Crippen molar-refractivity contribution in [2.75, 3.05) is 7.05 Å². The number of nitrogens with zero attached hydrogens (tertiary/aromatic N) is 2. The number of hydrogen-bond acceptors (Lipinski definition) is 4. The van der Waals surface area contributed by atoms with Crippen molar-refractivity contribution in [3.63, 3.8) is 0 Å². The molecule has 0 atom stereocenters. The summed E-state index contributed by atoms with van der Waals surface area (Å²) in [4.78, 5) is 1.02. The Labute approximate surface area is 107 Å². The molecule has 0 fully saturated rings. The average Bonchev–Trinajstić information content (AvgIpc) is 2.77. The van der Waals surface area contributed by atoms with Crippen LogP contribution in [0, 0.1) is 11.3 Å². The second-order valence-electron chi connectivity index (χ2n) is 4.22. The largest absolute Gasteiger partial charge is 0.253 e. The van der Waals surface area contributed by atoms with Gasteiger partial charge >= 0.3 is 0 Å². The summed E-state index contributed by atoms with van der Waals surface area (Å²) in [6.07, 6.45) is 0.811. The molecule has 0 unspecified atom stereocenters. The summed E-state index contributed by atoms with van der Waals surface area (Å²) in [5, 5.41) is 8.97. The highest BCUT2D eigenvalue weighted by atomic mass is 32.2. The maximum Gasteiger partial charge on any atom is 0.253 e. The summed E-state index contributed by atoms with van der Waals surface area (Å²) < 4.78 is 25.9. The molecule has 0 radical (unpaired) electrons. The zero-order valence-corrected chi connectivity index (χ0v) is 12.0. The van der Waals surface area contributed by atoms with Crippen LogP contribution in [0.15, 0.2) is 16.3 Å². The summed E-state index contributed by atoms with van der Waals surface area (Å²) in [5.74, 6) is 0. The molecule has 6 heteroatoms. The second kappa shape index (κ2) is 4.77. The van der Waals surface area contributed by atoms with E-state index in [2.05, 4.69) is 0 Å². The van der Waals surface area contributed by atoms with Gasteiger partial charge in [0.05, 0.1) is 6.07 Å². The molecule has 4 nitrogen and oxygen atoms in total. The average molecular weight is 272 g/mol. The molecule has 94 valence electrons. The second-order valence-corrected chi connectivity index (χ2v) is 7.58. The number of nitriles is 1. The molecule has 0 aliphatic heterocycles. The van der Waals surface area contributed by atoms with Crippen molar-refractivity contribution >= 4 is 21.4 Å². The summed E-state index contributed by atoms with van der Waals surface area (Å²) in [6, 6.07) is 5.40. The first-order valence-corrected chi connectivity index (χ1v) is 7.50. The highest BCUT2D eigenvalue weighted by molar-refractivity contribution is 7.91. The van der Waals surface area contributed by atoms with E-state index in [4.69, 9.17) is 5.26 Å². The van der Waals surface area contributed by atoms with Crippen molar-refractivity contribution < 1.29 is 8.42 Å². The molecule has 1 heterocycles. The molecule has 0 aliphatic rings. The maximum absolute atomic E-state index is 12.3. The zero-order chi connectivity index (χ0) is 13.3. The quantitative estimate of drug-likeness (QED) is 0.844. The van der Waals surface area contributed by atoms with Gasteiger partial charge in [-0.25, -0.2) is 8.42 Å². The smallest absolute Gasteiger partial charge is 0.206 e. The Bertz CT molecular complexity index is 538. The van der Waals surface area contributed by atoms with Gasteiger partial charge in [0, 0.05) is 11.9 Å². The van der Waals surface area contributed by atoms with E-state index in [0.717, 1.165) is 15.6 Å². The van der Waals surface area contributed by atoms with Crippen molar-refractivity contribution in [2.45, 2.75) is 36.9 Å². The predicted molar refractivity (Wildman–Crippen MR) is 68.3 cm³/mol. The highest BCUT2D eigenvalue weighted by Gasteiger charge is 2.34. The molecule has 1 aromatic rings. The molecule has 1 rings (SSSR count). The van der Waals surface area contributed by atoms with Gasteiger partial charge in [-0.3, -0.25) is 0 Å². The monoisotopic (exact) mass is 272 g/mol. The van der Waals surface area contributed by atoms with Crippen LogP contribution in [0.4, 0.5) is 0 Å². The predicted octanol–water partition coefficient (Wildman–Crippen LogP) is 2.23. The number of thiophene rings is 1. The lowest BCUT2D eigenvalue weighted by Crippen LogP contribution is -2.43. The van der Waals surface area contributed by atoms with E-state index in [1.54, 1.807) is 19.9 Å². The molecule has 0 aromatic carbocycles. The Hall–Kier alpha value is -0.900. The van der Waals surface area contributed by atoms with E-state index < -0.39 is 15.6 Å². The normalized spacial score (nSPS) is 12.7. The first kappa shape index (κ1) is 14.2. The van der Waals surface area contributed by atoms with Gasteiger partial charge in [-0.1, -0.05) is 6.92 Å². The molecule has 0 saturated carbocycles. The lowest BCUT2D eigenvalue weighted by Gasteiger charge is -2.27. The first-order valence-electron chi connectivity index (χ1n) is 5.24. The van der Waals surface area contributed by atoms with Crippen LogP contribution in [0.3, 0.4) is 0 Å². The van der Waals surface area contributed by atoms with Crippen molar-refractivity contribution in [3.8, 4) is 6.07 Å². The van der Waals surface area contributed by atoms with Gasteiger partial charge in [0.25, 0.3) is 10.0 Å². The van der Waals surface area contributed by atoms with Gasteiger partial charge in [-0.15, -0.1) is 11.3 Å². The van der Waals surface area contributed by atoms with E-state index in [9.17, 15) is 8.42 Å². The molecular formula is C11H16N2O2S2. The Morgan fingerprint density at radius 1 is 1.47 bits per heavy atom. The number of hydrogen-bond donors (Lipinski definition) is 0. The fourth-order valence-corrected chi connectivity index (χ4v) is 4.10. The topological polar surface area (TPSA) is 61.2 Å². The summed E-state index contributed by atoms with van der Waals surface area (Å²) in [6.45, 7) is 5.14. The van der Waals surface area contributed by atoms with E-state index in [1.165, 1.54) is 18.4 Å². The Morgan fingerprint density at radius 3 is 2.47 bits per heavy atom. The summed E-state index contributed by atoms with van der Waals surface area (Å²) in [5.41, 5.74) is -1.05. The van der Waals surface area contributed by atoms with E-state index in [1.807, 2.05) is 19.1 Å². The molecule has 0 aliphatic carbocycles. The van der Waals surface area contributed by atoms with E-state index in [-0.39, 0.29) is 0 Å². The van der Waals surface area contributed by atoms with Crippen LogP contribution in [-0.4, -0.2) is 25.3 Å². The highest BCUT2D eigenvalue weighted by Crippen LogP contribution is 2.28. The van der Waals surface area contributed by atoms with Gasteiger partial charge in [0.15, 0.2) is 0 Å². The van der Waals surface area contributed by atoms with Gasteiger partial charge in [0.2, 0.25) is 0 Å². The molecule has 17 heavy (non-hydrogen) atoms. The van der Waals surface area contributed by atoms with Crippen molar-refractivity contribution in [2.24, 2.45) is 0 Å².